The number of rotatable bonds is 4. The number of furan rings is 1. The van der Waals surface area contributed by atoms with Crippen LogP contribution in [0, 0.1) is 0 Å². The molecule has 1 N–H and O–H groups in total. The number of benzene rings is 1. The molecule has 0 radical (unpaired) electrons. The Morgan fingerprint density at radius 3 is 2.31 bits per heavy atom. The van der Waals surface area contributed by atoms with Crippen molar-refractivity contribution in [2.45, 2.75) is 0 Å². The molecule has 1 aromatic carbocycles. The highest BCUT2D eigenvalue weighted by Crippen LogP contribution is 2.17. The van der Waals surface area contributed by atoms with Gasteiger partial charge in [0.25, 0.3) is 17.7 Å². The Labute approximate surface area is 171 Å². The molecule has 0 spiro atoms. The topological polar surface area (TPSA) is 82.9 Å². The molecule has 29 heavy (non-hydrogen) atoms. The molecule has 1 fully saturated rings. The smallest absolute Gasteiger partial charge is 0.289 e. The fourth-order valence-electron chi connectivity index (χ4n) is 3.18. The number of piperazine rings is 1. The third-order valence-corrected chi connectivity index (χ3v) is 5.57. The first-order valence-corrected chi connectivity index (χ1v) is 10.1. The van der Waals surface area contributed by atoms with Gasteiger partial charge in [0.15, 0.2) is 5.76 Å². The van der Waals surface area contributed by atoms with E-state index in [1.54, 1.807) is 52.3 Å². The molecule has 1 aliphatic heterocycles. The largest absolute Gasteiger partial charge is 0.459 e. The van der Waals surface area contributed by atoms with E-state index in [9.17, 15) is 14.4 Å². The van der Waals surface area contributed by atoms with Crippen LogP contribution in [0.2, 0.25) is 0 Å². The van der Waals surface area contributed by atoms with Crippen LogP contribution in [0.4, 0.5) is 5.69 Å². The second-order valence-electron chi connectivity index (χ2n) is 6.57. The van der Waals surface area contributed by atoms with Gasteiger partial charge in [-0.05, 0) is 41.8 Å². The first kappa shape index (κ1) is 18.9. The van der Waals surface area contributed by atoms with Crippen LogP contribution in [-0.4, -0.2) is 53.7 Å². The summed E-state index contributed by atoms with van der Waals surface area (Å²) in [5.74, 6) is -0.184. The van der Waals surface area contributed by atoms with E-state index in [-0.39, 0.29) is 17.7 Å². The molecule has 1 aliphatic rings. The van der Waals surface area contributed by atoms with Gasteiger partial charge in [-0.3, -0.25) is 14.4 Å². The third-order valence-electron chi connectivity index (χ3n) is 4.70. The van der Waals surface area contributed by atoms with E-state index in [1.165, 1.54) is 17.6 Å². The Kier molecular flexibility index (Phi) is 5.44. The number of amides is 3. The highest BCUT2D eigenvalue weighted by molar-refractivity contribution is 7.12. The highest BCUT2D eigenvalue weighted by Gasteiger charge is 2.26. The molecule has 0 unspecified atom stereocenters. The van der Waals surface area contributed by atoms with Crippen molar-refractivity contribution < 1.29 is 18.8 Å². The minimum atomic E-state index is -0.199. The van der Waals surface area contributed by atoms with E-state index in [1.807, 2.05) is 11.4 Å². The SMILES string of the molecule is O=C(Nc1cccc(C(=O)N2CCN(C(=O)c3ccco3)CC2)c1)c1cccs1. The summed E-state index contributed by atoms with van der Waals surface area (Å²) < 4.78 is 5.16. The van der Waals surface area contributed by atoms with Crippen LogP contribution >= 0.6 is 11.3 Å². The molecule has 148 valence electrons. The Bertz CT molecular complexity index is 1010. The summed E-state index contributed by atoms with van der Waals surface area (Å²) in [5.41, 5.74) is 1.07. The molecule has 0 saturated carbocycles. The zero-order valence-corrected chi connectivity index (χ0v) is 16.4. The van der Waals surface area contributed by atoms with Crippen molar-refractivity contribution in [3.8, 4) is 0 Å². The van der Waals surface area contributed by atoms with E-state index in [0.717, 1.165) is 0 Å². The zero-order valence-electron chi connectivity index (χ0n) is 15.5. The van der Waals surface area contributed by atoms with Crippen LogP contribution in [0.3, 0.4) is 0 Å². The lowest BCUT2D eigenvalue weighted by atomic mass is 10.1. The van der Waals surface area contributed by atoms with Crippen molar-refractivity contribution in [3.05, 3.63) is 76.4 Å². The number of thiophene rings is 1. The first-order chi connectivity index (χ1) is 14.1. The van der Waals surface area contributed by atoms with Crippen LogP contribution in [0.1, 0.15) is 30.6 Å². The summed E-state index contributed by atoms with van der Waals surface area (Å²) in [7, 11) is 0. The molecular formula is C21H19N3O4S. The molecule has 3 heterocycles. The highest BCUT2D eigenvalue weighted by atomic mass is 32.1. The quantitative estimate of drug-likeness (QED) is 0.717. The molecule has 0 atom stereocenters. The zero-order chi connectivity index (χ0) is 20.2. The lowest BCUT2D eigenvalue weighted by Gasteiger charge is -2.34. The van der Waals surface area contributed by atoms with Crippen LogP contribution in [0.25, 0.3) is 0 Å². The molecule has 4 rings (SSSR count). The maximum atomic E-state index is 12.9. The number of carbonyl (C=O) groups is 3. The van der Waals surface area contributed by atoms with Crippen molar-refractivity contribution in [1.82, 2.24) is 9.80 Å². The normalized spacial score (nSPS) is 13.9. The Balaban J connectivity index is 1.37. The van der Waals surface area contributed by atoms with Gasteiger partial charge in [-0.25, -0.2) is 0 Å². The van der Waals surface area contributed by atoms with Gasteiger partial charge in [0.1, 0.15) is 0 Å². The van der Waals surface area contributed by atoms with Crippen LogP contribution in [0.15, 0.2) is 64.6 Å². The van der Waals surface area contributed by atoms with Crippen molar-refractivity contribution in [2.24, 2.45) is 0 Å². The van der Waals surface area contributed by atoms with Gasteiger partial charge in [-0.1, -0.05) is 12.1 Å². The van der Waals surface area contributed by atoms with E-state index in [4.69, 9.17) is 4.42 Å². The van der Waals surface area contributed by atoms with Crippen molar-refractivity contribution >= 4 is 34.7 Å². The second-order valence-corrected chi connectivity index (χ2v) is 7.52. The average Bonchev–Trinajstić information content (AvgIpc) is 3.47. The van der Waals surface area contributed by atoms with Gasteiger partial charge < -0.3 is 19.5 Å². The van der Waals surface area contributed by atoms with Gasteiger partial charge in [0, 0.05) is 37.4 Å². The van der Waals surface area contributed by atoms with Gasteiger partial charge in [-0.2, -0.15) is 0 Å². The maximum Gasteiger partial charge on any atom is 0.289 e. The third kappa shape index (κ3) is 4.22. The number of hydrogen-bond donors (Lipinski definition) is 1. The van der Waals surface area contributed by atoms with Gasteiger partial charge in [0.2, 0.25) is 0 Å². The average molecular weight is 409 g/mol. The summed E-state index contributed by atoms with van der Waals surface area (Å²) in [5, 5.41) is 4.66. The fraction of sp³-hybridized carbons (Fsp3) is 0.190. The standard InChI is InChI=1S/C21H19N3O4S/c25-19(18-7-3-13-29-18)22-16-5-1-4-15(14-16)20(26)23-8-10-24(11-9-23)21(27)17-6-2-12-28-17/h1-7,12-14H,8-11H2,(H,22,25). The van der Waals surface area contributed by atoms with Crippen molar-refractivity contribution in [3.63, 3.8) is 0 Å². The summed E-state index contributed by atoms with van der Waals surface area (Å²) in [6.07, 6.45) is 1.47. The molecule has 0 bridgehead atoms. The molecule has 1 saturated heterocycles. The molecule has 7 nitrogen and oxygen atoms in total. The minimum Gasteiger partial charge on any atom is -0.459 e. The number of nitrogens with zero attached hydrogens (tertiary/aromatic N) is 2. The second kappa shape index (κ2) is 8.32. The van der Waals surface area contributed by atoms with Crippen LogP contribution in [0.5, 0.6) is 0 Å². The maximum absolute atomic E-state index is 12.9. The Hall–Kier alpha value is -3.39. The summed E-state index contributed by atoms with van der Waals surface area (Å²) in [6.45, 7) is 1.77. The summed E-state index contributed by atoms with van der Waals surface area (Å²) in [4.78, 5) is 41.4. The van der Waals surface area contributed by atoms with Crippen LogP contribution in [-0.2, 0) is 0 Å². The predicted octanol–water partition coefficient (Wildman–Crippen LogP) is 3.19. The predicted molar refractivity (Wildman–Crippen MR) is 109 cm³/mol. The van der Waals surface area contributed by atoms with E-state index >= 15 is 0 Å². The van der Waals surface area contributed by atoms with Gasteiger partial charge in [0.05, 0.1) is 11.1 Å². The molecular weight excluding hydrogens is 390 g/mol. The number of hydrogen-bond acceptors (Lipinski definition) is 5. The summed E-state index contributed by atoms with van der Waals surface area (Å²) >= 11 is 1.36. The van der Waals surface area contributed by atoms with Gasteiger partial charge in [-0.15, -0.1) is 11.3 Å². The minimum absolute atomic E-state index is 0.123. The number of anilines is 1. The van der Waals surface area contributed by atoms with Crippen molar-refractivity contribution in [1.29, 1.82) is 0 Å². The lowest BCUT2D eigenvalue weighted by Crippen LogP contribution is -2.50. The molecule has 3 amide bonds. The summed E-state index contributed by atoms with van der Waals surface area (Å²) in [6, 6.07) is 13.8. The fourth-order valence-corrected chi connectivity index (χ4v) is 3.80. The van der Waals surface area contributed by atoms with E-state index in [0.29, 0.717) is 48.1 Å². The van der Waals surface area contributed by atoms with Crippen molar-refractivity contribution in [2.75, 3.05) is 31.5 Å². The van der Waals surface area contributed by atoms with E-state index < -0.39 is 0 Å². The number of nitrogens with one attached hydrogen (secondary N) is 1. The molecule has 3 aromatic rings. The molecule has 0 aliphatic carbocycles. The van der Waals surface area contributed by atoms with E-state index in [2.05, 4.69) is 5.32 Å². The van der Waals surface area contributed by atoms with Gasteiger partial charge >= 0.3 is 0 Å². The Morgan fingerprint density at radius 2 is 1.66 bits per heavy atom. The monoisotopic (exact) mass is 409 g/mol. The first-order valence-electron chi connectivity index (χ1n) is 9.19. The lowest BCUT2D eigenvalue weighted by molar-refractivity contribution is 0.0518. The molecule has 2 aromatic heterocycles. The number of carbonyl (C=O) groups excluding carboxylic acids is 3. The Morgan fingerprint density at radius 1 is 0.897 bits per heavy atom. The molecule has 8 heteroatoms. The van der Waals surface area contributed by atoms with Crippen LogP contribution < -0.4 is 5.32 Å².